The van der Waals surface area contributed by atoms with E-state index in [0.29, 0.717) is 11.1 Å². The molecule has 0 fully saturated rings. The largest absolute Gasteiger partial charge is 0.505 e. The van der Waals surface area contributed by atoms with E-state index in [-0.39, 0.29) is 26.4 Å². The van der Waals surface area contributed by atoms with E-state index in [2.05, 4.69) is 5.32 Å². The number of hydrogen-bond acceptors (Lipinski definition) is 5. The van der Waals surface area contributed by atoms with Crippen LogP contribution < -0.4 is 14.4 Å². The van der Waals surface area contributed by atoms with Gasteiger partial charge in [0.1, 0.15) is 5.75 Å². The Morgan fingerprint density at radius 2 is 1.42 bits per heavy atom. The van der Waals surface area contributed by atoms with Crippen LogP contribution in [-0.4, -0.2) is 20.6 Å². The monoisotopic (exact) mass is 634 g/mol. The molecule has 0 unspecified atom stereocenters. The van der Waals surface area contributed by atoms with Gasteiger partial charge in [0.25, 0.3) is 10.0 Å². The summed E-state index contributed by atoms with van der Waals surface area (Å²) in [5.74, 6) is 0.420. The van der Waals surface area contributed by atoms with Gasteiger partial charge in [-0.05, 0) is 72.5 Å². The summed E-state index contributed by atoms with van der Waals surface area (Å²) in [6.45, 7) is 8.00. The lowest BCUT2D eigenvalue weighted by Gasteiger charge is -2.33. The van der Waals surface area contributed by atoms with E-state index in [1.165, 1.54) is 16.4 Å². The number of hydrogen-bond donors (Lipinski definition) is 2. The smallest absolute Gasteiger partial charge is 0.268 e. The van der Waals surface area contributed by atoms with E-state index in [1.54, 1.807) is 31.4 Å². The van der Waals surface area contributed by atoms with Crippen LogP contribution in [0.2, 0.25) is 10.0 Å². The lowest BCUT2D eigenvalue weighted by Crippen LogP contribution is -2.29. The van der Waals surface area contributed by atoms with E-state index >= 15 is 0 Å². The number of rotatable bonds is 7. The van der Waals surface area contributed by atoms with Gasteiger partial charge in [-0.3, -0.25) is 0 Å². The first-order valence-electron chi connectivity index (χ1n) is 13.6. The van der Waals surface area contributed by atoms with Crippen molar-refractivity contribution in [1.29, 1.82) is 0 Å². The number of phenols is 1. The molecule has 0 bridgehead atoms. The van der Waals surface area contributed by atoms with Crippen molar-refractivity contribution in [3.63, 3.8) is 0 Å². The molecule has 0 atom stereocenters. The third-order valence-corrected chi connectivity index (χ3v) is 9.51. The number of anilines is 4. The molecule has 5 aromatic rings. The Morgan fingerprint density at radius 3 is 1.98 bits per heavy atom. The molecule has 5 rings (SSSR count). The highest BCUT2D eigenvalue weighted by atomic mass is 35.5. The van der Waals surface area contributed by atoms with Crippen LogP contribution in [0.5, 0.6) is 11.5 Å². The van der Waals surface area contributed by atoms with Gasteiger partial charge in [-0.15, -0.1) is 0 Å². The highest BCUT2D eigenvalue weighted by molar-refractivity contribution is 7.93. The molecule has 43 heavy (non-hydrogen) atoms. The standard InChI is InChI=1S/C34H32Cl2N2O4S/c1-21-10-16-25(17-11-21)43(40,41)38(23-18-29(35)33(39)30(36)19-23)32-27-9-7-6-8-26(27)31(20-28(32)34(2,3)4)37-22-12-14-24(42-5)15-13-22/h6-20,37,39H,1-5H3. The average Bonchev–Trinajstić information content (AvgIpc) is 2.97. The number of halogens is 2. The molecule has 6 nitrogen and oxygen atoms in total. The summed E-state index contributed by atoms with van der Waals surface area (Å²) in [6.07, 6.45) is 0. The SMILES string of the molecule is COc1ccc(Nc2cc(C(C)(C)C)c(N(c3cc(Cl)c(O)c(Cl)c3)S(=O)(=O)c3ccc(C)cc3)c3ccccc23)cc1. The summed E-state index contributed by atoms with van der Waals surface area (Å²) in [5, 5.41) is 15.2. The molecule has 0 heterocycles. The van der Waals surface area contributed by atoms with Crippen LogP contribution in [0.1, 0.15) is 31.9 Å². The number of nitrogens with zero attached hydrogens (tertiary/aromatic N) is 1. The molecular weight excluding hydrogens is 603 g/mol. The summed E-state index contributed by atoms with van der Waals surface area (Å²) in [5.41, 5.74) is 3.49. The van der Waals surface area contributed by atoms with Crippen LogP contribution in [0.4, 0.5) is 22.7 Å². The molecule has 0 aliphatic carbocycles. The second-order valence-corrected chi connectivity index (χ2v) is 13.9. The summed E-state index contributed by atoms with van der Waals surface area (Å²) in [4.78, 5) is 0.0998. The van der Waals surface area contributed by atoms with Crippen molar-refractivity contribution in [2.45, 2.75) is 38.0 Å². The van der Waals surface area contributed by atoms with Crippen molar-refractivity contribution >= 4 is 66.7 Å². The van der Waals surface area contributed by atoms with Crippen molar-refractivity contribution < 1.29 is 18.3 Å². The van der Waals surface area contributed by atoms with Gasteiger partial charge in [0.2, 0.25) is 0 Å². The predicted octanol–water partition coefficient (Wildman–Crippen LogP) is 9.74. The first-order chi connectivity index (χ1) is 20.3. The Balaban J connectivity index is 1.86. The topological polar surface area (TPSA) is 78.9 Å². The van der Waals surface area contributed by atoms with E-state index in [4.69, 9.17) is 27.9 Å². The number of aryl methyl sites for hydroxylation is 1. The normalized spacial score (nSPS) is 11.9. The Hall–Kier alpha value is -3.91. The molecule has 0 aliphatic heterocycles. The highest BCUT2D eigenvalue weighted by Crippen LogP contribution is 2.48. The lowest BCUT2D eigenvalue weighted by molar-refractivity contribution is 0.415. The molecule has 5 aromatic carbocycles. The molecule has 0 radical (unpaired) electrons. The van der Waals surface area contributed by atoms with Gasteiger partial charge < -0.3 is 15.2 Å². The lowest BCUT2D eigenvalue weighted by atomic mass is 9.83. The molecule has 0 aliphatic rings. The van der Waals surface area contributed by atoms with Gasteiger partial charge in [-0.25, -0.2) is 12.7 Å². The molecule has 0 saturated carbocycles. The van der Waals surface area contributed by atoms with E-state index < -0.39 is 15.4 Å². The number of phenolic OH excluding ortho intramolecular Hbond substituents is 1. The molecule has 0 spiro atoms. The predicted molar refractivity (Wildman–Crippen MR) is 178 cm³/mol. The van der Waals surface area contributed by atoms with Crippen molar-refractivity contribution in [2.24, 2.45) is 0 Å². The van der Waals surface area contributed by atoms with E-state index in [9.17, 15) is 13.5 Å². The number of aromatic hydroxyl groups is 1. The maximum Gasteiger partial charge on any atom is 0.268 e. The molecule has 222 valence electrons. The summed E-state index contributed by atoms with van der Waals surface area (Å²) >= 11 is 12.8. The molecule has 0 saturated heterocycles. The second kappa shape index (κ2) is 11.6. The Bertz CT molecular complexity index is 1900. The van der Waals surface area contributed by atoms with Gasteiger partial charge >= 0.3 is 0 Å². The summed E-state index contributed by atoms with van der Waals surface area (Å²) in [6, 6.07) is 26.7. The Morgan fingerprint density at radius 1 is 0.837 bits per heavy atom. The van der Waals surface area contributed by atoms with Gasteiger partial charge in [0.05, 0.1) is 33.4 Å². The minimum absolute atomic E-state index is 0.0639. The fraction of sp³-hybridized carbons (Fsp3) is 0.176. The molecule has 0 aromatic heterocycles. The first kappa shape index (κ1) is 30.5. The number of nitrogens with one attached hydrogen (secondary N) is 1. The van der Waals surface area contributed by atoms with Crippen LogP contribution >= 0.6 is 23.2 Å². The summed E-state index contributed by atoms with van der Waals surface area (Å²) < 4.78 is 35.9. The minimum atomic E-state index is -4.22. The molecule has 0 amide bonds. The van der Waals surface area contributed by atoms with E-state index in [0.717, 1.165) is 33.6 Å². The Kier molecular flexibility index (Phi) is 8.27. The summed E-state index contributed by atoms with van der Waals surface area (Å²) in [7, 11) is -2.60. The van der Waals surface area contributed by atoms with Gasteiger partial charge in [-0.1, -0.05) is 85.9 Å². The number of fused-ring (bicyclic) bond motifs is 1. The minimum Gasteiger partial charge on any atom is -0.505 e. The fourth-order valence-corrected chi connectivity index (χ4v) is 6.94. The van der Waals surface area contributed by atoms with Crippen molar-refractivity contribution in [3.05, 3.63) is 112 Å². The van der Waals surface area contributed by atoms with Crippen molar-refractivity contribution in [3.8, 4) is 11.5 Å². The van der Waals surface area contributed by atoms with Gasteiger partial charge in [0.15, 0.2) is 5.75 Å². The second-order valence-electron chi connectivity index (χ2n) is 11.3. The molecular formula is C34H32Cl2N2O4S. The van der Waals surface area contributed by atoms with E-state index in [1.807, 2.05) is 82.3 Å². The maximum absolute atomic E-state index is 14.7. The van der Waals surface area contributed by atoms with Crippen LogP contribution in [-0.2, 0) is 15.4 Å². The van der Waals surface area contributed by atoms with Gasteiger partial charge in [0, 0.05) is 22.1 Å². The van der Waals surface area contributed by atoms with Crippen molar-refractivity contribution in [1.82, 2.24) is 0 Å². The molecule has 9 heteroatoms. The maximum atomic E-state index is 14.7. The van der Waals surface area contributed by atoms with Crippen LogP contribution in [0.3, 0.4) is 0 Å². The zero-order valence-corrected chi connectivity index (χ0v) is 26.8. The number of sulfonamides is 1. The molecule has 2 N–H and O–H groups in total. The zero-order chi connectivity index (χ0) is 31.1. The number of ether oxygens (including phenoxy) is 1. The van der Waals surface area contributed by atoms with Crippen LogP contribution in [0.15, 0.2) is 95.9 Å². The van der Waals surface area contributed by atoms with Crippen LogP contribution in [0, 0.1) is 6.92 Å². The third-order valence-electron chi connectivity index (χ3n) is 7.19. The zero-order valence-electron chi connectivity index (χ0n) is 24.4. The number of benzene rings is 5. The van der Waals surface area contributed by atoms with Gasteiger partial charge in [-0.2, -0.15) is 0 Å². The highest BCUT2D eigenvalue weighted by Gasteiger charge is 2.34. The first-order valence-corrected chi connectivity index (χ1v) is 15.8. The number of methoxy groups -OCH3 is 1. The average molecular weight is 636 g/mol. The van der Waals surface area contributed by atoms with Crippen molar-refractivity contribution in [2.75, 3.05) is 16.7 Å². The fourth-order valence-electron chi connectivity index (χ4n) is 4.96. The Labute approximate surface area is 262 Å². The quantitative estimate of drug-likeness (QED) is 0.186. The third kappa shape index (κ3) is 5.98. The van der Waals surface area contributed by atoms with Crippen LogP contribution in [0.25, 0.3) is 10.8 Å².